The summed E-state index contributed by atoms with van der Waals surface area (Å²) in [7, 11) is 1.62. The Bertz CT molecular complexity index is 847. The lowest BCUT2D eigenvalue weighted by atomic mass is 10.1. The molecule has 2 aromatic rings. The van der Waals surface area contributed by atoms with Gasteiger partial charge >= 0.3 is 0 Å². The van der Waals surface area contributed by atoms with Crippen LogP contribution in [0, 0.1) is 13.8 Å². The van der Waals surface area contributed by atoms with Crippen LogP contribution in [0.25, 0.3) is 0 Å². The molecule has 0 aliphatic heterocycles. The highest BCUT2D eigenvalue weighted by molar-refractivity contribution is 9.10. The molecule has 0 aliphatic carbocycles. The third-order valence-electron chi connectivity index (χ3n) is 4.33. The van der Waals surface area contributed by atoms with E-state index >= 15 is 0 Å². The van der Waals surface area contributed by atoms with Crippen molar-refractivity contribution in [2.75, 3.05) is 25.6 Å². The molecule has 29 heavy (non-hydrogen) atoms. The number of amides is 2. The number of ether oxygens (including phenoxy) is 2. The van der Waals surface area contributed by atoms with E-state index in [2.05, 4.69) is 26.6 Å². The van der Waals surface area contributed by atoms with E-state index < -0.39 is 6.10 Å². The van der Waals surface area contributed by atoms with Crippen molar-refractivity contribution in [3.05, 3.63) is 57.6 Å². The van der Waals surface area contributed by atoms with Crippen LogP contribution in [0.1, 0.15) is 34.8 Å². The minimum absolute atomic E-state index is 0.245. The third kappa shape index (κ3) is 6.58. The van der Waals surface area contributed by atoms with Crippen molar-refractivity contribution in [1.82, 2.24) is 5.32 Å². The SMILES string of the molecule is COCCCNC(=O)c1ccccc1NC(=O)C(C)Oc1c(C)cc(Br)cc1C. The molecule has 2 aromatic carbocycles. The quantitative estimate of drug-likeness (QED) is 0.546. The maximum absolute atomic E-state index is 12.7. The molecule has 0 spiro atoms. The first-order chi connectivity index (χ1) is 13.8. The van der Waals surface area contributed by atoms with E-state index in [0.717, 1.165) is 15.6 Å². The first kappa shape index (κ1) is 22.9. The molecule has 0 saturated carbocycles. The minimum atomic E-state index is -0.730. The van der Waals surface area contributed by atoms with Crippen LogP contribution in [0.4, 0.5) is 5.69 Å². The molecule has 0 heterocycles. The Balaban J connectivity index is 2.06. The van der Waals surface area contributed by atoms with Crippen molar-refractivity contribution in [2.24, 2.45) is 0 Å². The van der Waals surface area contributed by atoms with Gasteiger partial charge in [0.1, 0.15) is 5.75 Å². The first-order valence-corrected chi connectivity index (χ1v) is 10.2. The lowest BCUT2D eigenvalue weighted by molar-refractivity contribution is -0.122. The average molecular weight is 463 g/mol. The van der Waals surface area contributed by atoms with Gasteiger partial charge in [-0.1, -0.05) is 28.1 Å². The van der Waals surface area contributed by atoms with Crippen LogP contribution in [0.3, 0.4) is 0 Å². The summed E-state index contributed by atoms with van der Waals surface area (Å²) in [5.74, 6) is 0.108. The van der Waals surface area contributed by atoms with Gasteiger partial charge in [0.15, 0.2) is 6.10 Å². The third-order valence-corrected chi connectivity index (χ3v) is 4.79. The van der Waals surface area contributed by atoms with Crippen LogP contribution in [-0.4, -0.2) is 38.2 Å². The maximum atomic E-state index is 12.7. The second-order valence-corrected chi connectivity index (χ2v) is 7.68. The van der Waals surface area contributed by atoms with Crippen LogP contribution in [0.2, 0.25) is 0 Å². The summed E-state index contributed by atoms with van der Waals surface area (Å²) in [6.45, 7) is 6.62. The topological polar surface area (TPSA) is 76.7 Å². The number of hydrogen-bond donors (Lipinski definition) is 2. The fourth-order valence-electron chi connectivity index (χ4n) is 2.85. The normalized spacial score (nSPS) is 11.6. The molecule has 0 bridgehead atoms. The zero-order valence-electron chi connectivity index (χ0n) is 17.2. The zero-order valence-corrected chi connectivity index (χ0v) is 18.8. The molecule has 7 heteroatoms. The van der Waals surface area contributed by atoms with Gasteiger partial charge in [0.05, 0.1) is 11.3 Å². The van der Waals surface area contributed by atoms with E-state index in [1.165, 1.54) is 0 Å². The van der Waals surface area contributed by atoms with E-state index in [4.69, 9.17) is 9.47 Å². The van der Waals surface area contributed by atoms with Gasteiger partial charge in [-0.25, -0.2) is 0 Å². The van der Waals surface area contributed by atoms with E-state index in [-0.39, 0.29) is 11.8 Å². The highest BCUT2D eigenvalue weighted by Crippen LogP contribution is 2.28. The van der Waals surface area contributed by atoms with E-state index in [0.29, 0.717) is 36.6 Å². The fourth-order valence-corrected chi connectivity index (χ4v) is 3.54. The Labute approximate surface area is 180 Å². The number of carbonyl (C=O) groups excluding carboxylic acids is 2. The Kier molecular flexibility index (Phi) is 8.67. The second-order valence-electron chi connectivity index (χ2n) is 6.77. The number of nitrogens with one attached hydrogen (secondary N) is 2. The number of carbonyl (C=O) groups is 2. The molecule has 2 rings (SSSR count). The zero-order chi connectivity index (χ0) is 21.4. The molecule has 0 aliphatic rings. The van der Waals surface area contributed by atoms with Crippen molar-refractivity contribution >= 4 is 33.4 Å². The summed E-state index contributed by atoms with van der Waals surface area (Å²) in [6.07, 6.45) is -0.0144. The van der Waals surface area contributed by atoms with Crippen molar-refractivity contribution < 1.29 is 19.1 Å². The minimum Gasteiger partial charge on any atom is -0.480 e. The summed E-state index contributed by atoms with van der Waals surface area (Å²) in [6, 6.07) is 10.8. The largest absolute Gasteiger partial charge is 0.480 e. The second kappa shape index (κ2) is 11.0. The van der Waals surface area contributed by atoms with Crippen molar-refractivity contribution in [2.45, 2.75) is 33.3 Å². The Hall–Kier alpha value is -2.38. The van der Waals surface area contributed by atoms with Crippen molar-refractivity contribution in [3.63, 3.8) is 0 Å². The molecule has 156 valence electrons. The Morgan fingerprint density at radius 3 is 2.45 bits per heavy atom. The molecule has 0 radical (unpaired) electrons. The van der Waals surface area contributed by atoms with Crippen LogP contribution in [0.15, 0.2) is 40.9 Å². The number of aryl methyl sites for hydroxylation is 2. The van der Waals surface area contributed by atoms with Gasteiger partial charge in [-0.3, -0.25) is 9.59 Å². The number of methoxy groups -OCH3 is 1. The van der Waals surface area contributed by atoms with Crippen LogP contribution in [0.5, 0.6) is 5.75 Å². The van der Waals surface area contributed by atoms with E-state index in [9.17, 15) is 9.59 Å². The van der Waals surface area contributed by atoms with Crippen LogP contribution >= 0.6 is 15.9 Å². The number of rotatable bonds is 9. The summed E-state index contributed by atoms with van der Waals surface area (Å²) >= 11 is 3.45. The van der Waals surface area contributed by atoms with Gasteiger partial charge in [-0.2, -0.15) is 0 Å². The van der Waals surface area contributed by atoms with Crippen LogP contribution < -0.4 is 15.4 Å². The molecular formula is C22H27BrN2O4. The number of hydrogen-bond acceptors (Lipinski definition) is 4. The van der Waals surface area contributed by atoms with Crippen molar-refractivity contribution in [1.29, 1.82) is 0 Å². The highest BCUT2D eigenvalue weighted by Gasteiger charge is 2.20. The summed E-state index contributed by atoms with van der Waals surface area (Å²) < 4.78 is 11.8. The smallest absolute Gasteiger partial charge is 0.265 e. The van der Waals surface area contributed by atoms with Gasteiger partial charge in [0.25, 0.3) is 11.8 Å². The lowest BCUT2D eigenvalue weighted by Crippen LogP contribution is -2.32. The van der Waals surface area contributed by atoms with Gasteiger partial charge in [0.2, 0.25) is 0 Å². The molecule has 0 fully saturated rings. The van der Waals surface area contributed by atoms with Gasteiger partial charge in [0, 0.05) is 24.7 Å². The molecule has 1 unspecified atom stereocenters. The number of anilines is 1. The molecule has 1 atom stereocenters. The standard InChI is InChI=1S/C22H27BrN2O4/c1-14-12-17(23)13-15(2)20(14)29-16(3)21(26)25-19-9-6-5-8-18(19)22(27)24-10-7-11-28-4/h5-6,8-9,12-13,16H,7,10-11H2,1-4H3,(H,24,27)(H,25,26). The van der Waals surface area contributed by atoms with Gasteiger partial charge < -0.3 is 20.1 Å². The number of para-hydroxylation sites is 1. The first-order valence-electron chi connectivity index (χ1n) is 9.44. The van der Waals surface area contributed by atoms with Crippen molar-refractivity contribution in [3.8, 4) is 5.75 Å². The predicted octanol–water partition coefficient (Wildman–Crippen LogP) is 4.24. The predicted molar refractivity (Wildman–Crippen MR) is 118 cm³/mol. The van der Waals surface area contributed by atoms with Crippen LogP contribution in [-0.2, 0) is 9.53 Å². The van der Waals surface area contributed by atoms with Gasteiger partial charge in [-0.15, -0.1) is 0 Å². The lowest BCUT2D eigenvalue weighted by Gasteiger charge is -2.19. The molecule has 2 N–H and O–H groups in total. The fraction of sp³-hybridized carbons (Fsp3) is 0.364. The molecular weight excluding hydrogens is 436 g/mol. The molecule has 0 aromatic heterocycles. The highest BCUT2D eigenvalue weighted by atomic mass is 79.9. The molecule has 2 amide bonds. The Morgan fingerprint density at radius 2 is 1.79 bits per heavy atom. The Morgan fingerprint density at radius 1 is 1.14 bits per heavy atom. The average Bonchev–Trinajstić information content (AvgIpc) is 2.68. The van der Waals surface area contributed by atoms with E-state index in [1.54, 1.807) is 38.3 Å². The summed E-state index contributed by atoms with van der Waals surface area (Å²) in [5, 5.41) is 5.64. The summed E-state index contributed by atoms with van der Waals surface area (Å²) in [5.41, 5.74) is 2.72. The molecule has 0 saturated heterocycles. The number of benzene rings is 2. The maximum Gasteiger partial charge on any atom is 0.265 e. The monoisotopic (exact) mass is 462 g/mol. The van der Waals surface area contributed by atoms with E-state index in [1.807, 2.05) is 26.0 Å². The molecule has 6 nitrogen and oxygen atoms in total. The van der Waals surface area contributed by atoms with Gasteiger partial charge in [-0.05, 0) is 62.6 Å². The summed E-state index contributed by atoms with van der Waals surface area (Å²) in [4.78, 5) is 25.1. The number of halogens is 1.